The van der Waals surface area contributed by atoms with Crippen molar-refractivity contribution in [3.8, 4) is 0 Å². The predicted molar refractivity (Wildman–Crippen MR) is 97.9 cm³/mol. The maximum atomic E-state index is 15.4. The van der Waals surface area contributed by atoms with Crippen molar-refractivity contribution in [2.24, 2.45) is 0 Å². The van der Waals surface area contributed by atoms with Crippen molar-refractivity contribution in [2.45, 2.75) is 78.6 Å². The van der Waals surface area contributed by atoms with Crippen LogP contribution in [0.3, 0.4) is 0 Å². The quantitative estimate of drug-likeness (QED) is 0.493. The Balaban J connectivity index is 2.90. The molecule has 0 spiro atoms. The third kappa shape index (κ3) is 3.08. The number of hydrogen-bond donors (Lipinski definition) is 0. The van der Waals surface area contributed by atoms with Crippen molar-refractivity contribution in [3.05, 3.63) is 34.0 Å². The summed E-state index contributed by atoms with van der Waals surface area (Å²) >= 11 is 1.73. The molecule has 0 aliphatic heterocycles. The lowest BCUT2D eigenvalue weighted by Crippen LogP contribution is -2.23. The molecule has 0 saturated carbocycles. The van der Waals surface area contributed by atoms with E-state index in [1.165, 1.54) is 4.88 Å². The van der Waals surface area contributed by atoms with Crippen molar-refractivity contribution in [3.63, 3.8) is 0 Å². The Morgan fingerprint density at radius 3 is 1.73 bits per heavy atom. The first-order valence-electron chi connectivity index (χ1n) is 8.00. The molecule has 0 unspecified atom stereocenters. The van der Waals surface area contributed by atoms with Crippen LogP contribution < -0.4 is 0 Å². The van der Waals surface area contributed by atoms with Crippen molar-refractivity contribution < 1.29 is 4.39 Å². The SMILES string of the molecule is CC(C)(C)c1cc2c(F)c(C(C)(C)C)c(C(C)(C)C)cc2s1. The van der Waals surface area contributed by atoms with Gasteiger partial charge in [-0.2, -0.15) is 0 Å². The van der Waals surface area contributed by atoms with E-state index in [1.54, 1.807) is 11.3 Å². The van der Waals surface area contributed by atoms with E-state index in [1.807, 2.05) is 0 Å². The van der Waals surface area contributed by atoms with Gasteiger partial charge in [-0.25, -0.2) is 4.39 Å². The third-order valence-electron chi connectivity index (χ3n) is 4.06. The molecule has 2 aromatic rings. The summed E-state index contributed by atoms with van der Waals surface area (Å²) in [4.78, 5) is 1.24. The van der Waals surface area contributed by atoms with Crippen LogP contribution in [0.15, 0.2) is 12.1 Å². The lowest BCUT2D eigenvalue weighted by molar-refractivity contribution is 0.492. The molecule has 0 nitrogen and oxygen atoms in total. The summed E-state index contributed by atoms with van der Waals surface area (Å²) in [5.74, 6) is -0.0262. The second kappa shape index (κ2) is 5.06. The van der Waals surface area contributed by atoms with E-state index < -0.39 is 0 Å². The molecule has 0 radical (unpaired) electrons. The van der Waals surface area contributed by atoms with Crippen molar-refractivity contribution in [2.75, 3.05) is 0 Å². The lowest BCUT2D eigenvalue weighted by atomic mass is 9.74. The molecule has 0 aliphatic carbocycles. The van der Waals surface area contributed by atoms with Crippen LogP contribution in [-0.4, -0.2) is 0 Å². The highest BCUT2D eigenvalue weighted by Crippen LogP contribution is 2.43. The van der Waals surface area contributed by atoms with Crippen LogP contribution in [0.25, 0.3) is 10.1 Å². The smallest absolute Gasteiger partial charge is 0.135 e. The second-order valence-electron chi connectivity index (χ2n) is 9.39. The third-order valence-corrected chi connectivity index (χ3v) is 5.57. The fourth-order valence-electron chi connectivity index (χ4n) is 2.83. The van der Waals surface area contributed by atoms with E-state index in [2.05, 4.69) is 74.4 Å². The molecule has 0 aliphatic rings. The van der Waals surface area contributed by atoms with Gasteiger partial charge in [-0.05, 0) is 39.5 Å². The van der Waals surface area contributed by atoms with Gasteiger partial charge in [-0.3, -0.25) is 0 Å². The van der Waals surface area contributed by atoms with E-state index in [9.17, 15) is 0 Å². The average Bonchev–Trinajstić information content (AvgIpc) is 2.69. The summed E-state index contributed by atoms with van der Waals surface area (Å²) in [7, 11) is 0. The van der Waals surface area contributed by atoms with Gasteiger partial charge < -0.3 is 0 Å². The molecule has 1 aromatic heterocycles. The van der Waals surface area contributed by atoms with Gasteiger partial charge in [0.1, 0.15) is 5.82 Å². The lowest BCUT2D eigenvalue weighted by Gasteiger charge is -2.30. The Morgan fingerprint density at radius 2 is 1.32 bits per heavy atom. The molecule has 0 amide bonds. The molecule has 122 valence electrons. The van der Waals surface area contributed by atoms with Gasteiger partial charge in [-0.1, -0.05) is 62.3 Å². The number of hydrogen-bond acceptors (Lipinski definition) is 1. The first kappa shape index (κ1) is 17.5. The van der Waals surface area contributed by atoms with Crippen LogP contribution in [0.4, 0.5) is 4.39 Å². The Bertz CT molecular complexity index is 700. The molecule has 1 aromatic carbocycles. The molecule has 0 fully saturated rings. The zero-order valence-electron chi connectivity index (χ0n) is 15.4. The van der Waals surface area contributed by atoms with E-state index in [-0.39, 0.29) is 22.1 Å². The minimum atomic E-state index is -0.204. The summed E-state index contributed by atoms with van der Waals surface area (Å²) < 4.78 is 16.4. The first-order chi connectivity index (χ1) is 9.73. The summed E-state index contributed by atoms with van der Waals surface area (Å²) in [6.07, 6.45) is 0. The Hall–Kier alpha value is -0.890. The maximum Gasteiger partial charge on any atom is 0.135 e. The maximum absolute atomic E-state index is 15.4. The fourth-order valence-corrected chi connectivity index (χ4v) is 3.99. The average molecular weight is 321 g/mol. The predicted octanol–water partition coefficient (Wildman–Crippen LogP) is 6.93. The van der Waals surface area contributed by atoms with E-state index >= 15 is 4.39 Å². The van der Waals surface area contributed by atoms with Gasteiger partial charge in [0.25, 0.3) is 0 Å². The Kier molecular flexibility index (Phi) is 4.01. The number of fused-ring (bicyclic) bond motifs is 1. The van der Waals surface area contributed by atoms with Gasteiger partial charge >= 0.3 is 0 Å². The normalized spacial score (nSPS) is 13.9. The number of rotatable bonds is 0. The summed E-state index contributed by atoms with van der Waals surface area (Å²) in [6.45, 7) is 19.4. The fraction of sp³-hybridized carbons (Fsp3) is 0.600. The van der Waals surface area contributed by atoms with Crippen LogP contribution in [-0.2, 0) is 16.2 Å². The summed E-state index contributed by atoms with van der Waals surface area (Å²) in [5, 5.41) is 0.785. The zero-order chi connectivity index (χ0) is 17.1. The van der Waals surface area contributed by atoms with Crippen molar-refractivity contribution in [1.82, 2.24) is 0 Å². The largest absolute Gasteiger partial charge is 0.206 e. The molecule has 22 heavy (non-hydrogen) atoms. The minimum Gasteiger partial charge on any atom is -0.206 e. The Morgan fingerprint density at radius 1 is 0.773 bits per heavy atom. The Labute approximate surface area is 138 Å². The van der Waals surface area contributed by atoms with Crippen LogP contribution in [0.2, 0.25) is 0 Å². The molecule has 0 bridgehead atoms. The summed E-state index contributed by atoms with van der Waals surface area (Å²) in [5.41, 5.74) is 1.78. The molecule has 0 atom stereocenters. The van der Waals surface area contributed by atoms with Gasteiger partial charge in [0, 0.05) is 15.0 Å². The molecule has 2 heteroatoms. The topological polar surface area (TPSA) is 0 Å². The number of thiophene rings is 1. The number of halogens is 1. The van der Waals surface area contributed by atoms with Gasteiger partial charge in [0.15, 0.2) is 0 Å². The molecular formula is C20H29FS. The van der Waals surface area contributed by atoms with E-state index in [0.717, 1.165) is 21.2 Å². The van der Waals surface area contributed by atoms with Crippen molar-refractivity contribution in [1.29, 1.82) is 0 Å². The van der Waals surface area contributed by atoms with Gasteiger partial charge in [-0.15, -0.1) is 11.3 Å². The highest BCUT2D eigenvalue weighted by Gasteiger charge is 2.31. The molecule has 1 heterocycles. The summed E-state index contributed by atoms with van der Waals surface area (Å²) in [6, 6.07) is 4.27. The highest BCUT2D eigenvalue weighted by atomic mass is 32.1. The van der Waals surface area contributed by atoms with Crippen molar-refractivity contribution >= 4 is 21.4 Å². The van der Waals surface area contributed by atoms with E-state index in [0.29, 0.717) is 0 Å². The molecular weight excluding hydrogens is 291 g/mol. The van der Waals surface area contributed by atoms with E-state index in [4.69, 9.17) is 0 Å². The molecule has 0 saturated heterocycles. The van der Waals surface area contributed by atoms with Crippen LogP contribution in [0, 0.1) is 5.82 Å². The van der Waals surface area contributed by atoms with Crippen LogP contribution in [0.1, 0.15) is 78.3 Å². The minimum absolute atomic E-state index is 0.0262. The first-order valence-corrected chi connectivity index (χ1v) is 8.82. The zero-order valence-corrected chi connectivity index (χ0v) is 16.3. The standard InChI is InChI=1S/C20H29FS/c1-18(2,3)13-11-14-12(10-15(22-14)19(4,5)6)17(21)16(13)20(7,8)9/h10-11H,1-9H3. The molecule has 2 rings (SSSR count). The molecule has 0 N–H and O–H groups in total. The van der Waals surface area contributed by atoms with Crippen LogP contribution in [0.5, 0.6) is 0 Å². The van der Waals surface area contributed by atoms with Gasteiger partial charge in [0.2, 0.25) is 0 Å². The number of benzene rings is 1. The monoisotopic (exact) mass is 320 g/mol. The highest BCUT2D eigenvalue weighted by molar-refractivity contribution is 7.19. The second-order valence-corrected chi connectivity index (χ2v) is 10.5. The van der Waals surface area contributed by atoms with Gasteiger partial charge in [0.05, 0.1) is 0 Å². The van der Waals surface area contributed by atoms with Crippen LogP contribution >= 0.6 is 11.3 Å².